The molecule has 0 aliphatic carbocycles. The number of unbranched alkanes of at least 4 members (excludes halogenated alkanes) is 1. The lowest BCUT2D eigenvalue weighted by molar-refractivity contribution is 0.00578. The van der Waals surface area contributed by atoms with Crippen LogP contribution >= 0.6 is 0 Å². The molecule has 1 rings (SSSR count). The SMILES string of the molecule is C[C@@H](O)CCCCB1OC(C)(C)C(C)(C)O1. The largest absolute Gasteiger partial charge is 0.457 e. The minimum absolute atomic E-state index is 0.0843. The summed E-state index contributed by atoms with van der Waals surface area (Å²) < 4.78 is 11.8. The van der Waals surface area contributed by atoms with Crippen LogP contribution in [0, 0.1) is 0 Å². The topological polar surface area (TPSA) is 38.7 Å². The maximum Gasteiger partial charge on any atom is 0.457 e. The van der Waals surface area contributed by atoms with Crippen molar-refractivity contribution in [3.8, 4) is 0 Å². The van der Waals surface area contributed by atoms with E-state index in [9.17, 15) is 0 Å². The first-order valence-corrected chi connectivity index (χ1v) is 6.28. The summed E-state index contributed by atoms with van der Waals surface area (Å²) in [5, 5.41) is 9.15. The summed E-state index contributed by atoms with van der Waals surface area (Å²) in [6.07, 6.45) is 3.65. The van der Waals surface area contributed by atoms with Crippen LogP contribution in [-0.2, 0) is 9.31 Å². The molecule has 0 aromatic carbocycles. The number of hydrogen-bond acceptors (Lipinski definition) is 3. The summed E-state index contributed by atoms with van der Waals surface area (Å²) in [5.74, 6) is 0. The Labute approximate surface area is 99.7 Å². The zero-order chi connectivity index (χ0) is 12.4. The molecule has 1 heterocycles. The molecule has 16 heavy (non-hydrogen) atoms. The van der Waals surface area contributed by atoms with Crippen molar-refractivity contribution in [1.29, 1.82) is 0 Å². The number of rotatable bonds is 5. The maximum atomic E-state index is 9.15. The number of aliphatic hydroxyl groups excluding tert-OH is 1. The van der Waals surface area contributed by atoms with E-state index in [1.165, 1.54) is 0 Å². The molecule has 0 unspecified atom stereocenters. The molecular formula is C12H25BO3. The Morgan fingerprint density at radius 3 is 2.00 bits per heavy atom. The van der Waals surface area contributed by atoms with Crippen molar-refractivity contribution in [2.45, 2.75) is 77.5 Å². The third-order valence-corrected chi connectivity index (χ3v) is 3.61. The average Bonchev–Trinajstić information content (AvgIpc) is 2.29. The fraction of sp³-hybridized carbons (Fsp3) is 1.00. The van der Waals surface area contributed by atoms with Crippen LogP contribution in [0.15, 0.2) is 0 Å². The van der Waals surface area contributed by atoms with Crippen LogP contribution in [0.25, 0.3) is 0 Å². The monoisotopic (exact) mass is 228 g/mol. The predicted octanol–water partition coefficient (Wildman–Crippen LogP) is 2.63. The van der Waals surface area contributed by atoms with E-state index in [0.717, 1.165) is 25.6 Å². The second kappa shape index (κ2) is 5.07. The summed E-state index contributed by atoms with van der Waals surface area (Å²) in [7, 11) is -0.0843. The molecule has 1 aliphatic rings. The van der Waals surface area contributed by atoms with Crippen LogP contribution in [0.5, 0.6) is 0 Å². The van der Waals surface area contributed by atoms with Gasteiger partial charge in [0, 0.05) is 0 Å². The minimum atomic E-state index is -0.220. The summed E-state index contributed by atoms with van der Waals surface area (Å²) in [4.78, 5) is 0. The van der Waals surface area contributed by atoms with Crippen LogP contribution in [0.2, 0.25) is 6.32 Å². The van der Waals surface area contributed by atoms with Gasteiger partial charge in [0.05, 0.1) is 17.3 Å². The van der Waals surface area contributed by atoms with Crippen molar-refractivity contribution in [3.63, 3.8) is 0 Å². The zero-order valence-electron chi connectivity index (χ0n) is 11.2. The van der Waals surface area contributed by atoms with Crippen LogP contribution in [0.1, 0.15) is 53.9 Å². The van der Waals surface area contributed by atoms with Crippen LogP contribution in [0.4, 0.5) is 0 Å². The van der Waals surface area contributed by atoms with Crippen molar-refractivity contribution in [2.75, 3.05) is 0 Å². The first-order valence-electron chi connectivity index (χ1n) is 6.28. The van der Waals surface area contributed by atoms with Crippen LogP contribution < -0.4 is 0 Å². The summed E-state index contributed by atoms with van der Waals surface area (Å²) in [6.45, 7) is 10.1. The van der Waals surface area contributed by atoms with Gasteiger partial charge in [-0.1, -0.05) is 12.8 Å². The van der Waals surface area contributed by atoms with E-state index in [4.69, 9.17) is 14.4 Å². The Kier molecular flexibility index (Phi) is 4.44. The third kappa shape index (κ3) is 3.47. The zero-order valence-corrected chi connectivity index (χ0v) is 11.2. The predicted molar refractivity (Wildman–Crippen MR) is 66.4 cm³/mol. The lowest BCUT2D eigenvalue weighted by Crippen LogP contribution is -2.41. The van der Waals surface area contributed by atoms with Gasteiger partial charge in [0.1, 0.15) is 0 Å². The molecule has 0 aromatic rings. The minimum Gasteiger partial charge on any atom is -0.403 e. The molecule has 0 radical (unpaired) electrons. The van der Waals surface area contributed by atoms with Crippen molar-refractivity contribution in [1.82, 2.24) is 0 Å². The van der Waals surface area contributed by atoms with Gasteiger partial charge in [-0.25, -0.2) is 0 Å². The van der Waals surface area contributed by atoms with Gasteiger partial charge in [-0.05, 0) is 47.4 Å². The van der Waals surface area contributed by atoms with E-state index in [1.54, 1.807) is 0 Å². The van der Waals surface area contributed by atoms with Gasteiger partial charge in [-0.3, -0.25) is 0 Å². The lowest BCUT2D eigenvalue weighted by Gasteiger charge is -2.32. The first kappa shape index (κ1) is 14.0. The first-order chi connectivity index (χ1) is 7.24. The quantitative estimate of drug-likeness (QED) is 0.580. The fourth-order valence-electron chi connectivity index (χ4n) is 1.83. The molecule has 3 nitrogen and oxygen atoms in total. The molecule has 0 bridgehead atoms. The van der Waals surface area contributed by atoms with E-state index >= 15 is 0 Å². The highest BCUT2D eigenvalue weighted by Crippen LogP contribution is 2.38. The average molecular weight is 228 g/mol. The molecular weight excluding hydrogens is 203 g/mol. The summed E-state index contributed by atoms with van der Waals surface area (Å²) >= 11 is 0. The smallest absolute Gasteiger partial charge is 0.403 e. The third-order valence-electron chi connectivity index (χ3n) is 3.61. The van der Waals surface area contributed by atoms with Crippen molar-refractivity contribution < 1.29 is 14.4 Å². The Morgan fingerprint density at radius 2 is 1.56 bits per heavy atom. The Bertz CT molecular complexity index is 210. The molecule has 0 aromatic heterocycles. The Morgan fingerprint density at radius 1 is 1.06 bits per heavy atom. The lowest BCUT2D eigenvalue weighted by atomic mass is 9.82. The molecule has 1 fully saturated rings. The fourth-order valence-corrected chi connectivity index (χ4v) is 1.83. The van der Waals surface area contributed by atoms with Crippen molar-refractivity contribution in [3.05, 3.63) is 0 Å². The molecule has 94 valence electrons. The van der Waals surface area contributed by atoms with Gasteiger partial charge in [0.2, 0.25) is 0 Å². The maximum absolute atomic E-state index is 9.15. The van der Waals surface area contributed by atoms with Crippen molar-refractivity contribution >= 4 is 7.12 Å². The summed E-state index contributed by atoms with van der Waals surface area (Å²) in [6, 6.07) is 0. The Balaban J connectivity index is 2.26. The standard InChI is InChI=1S/C12H25BO3/c1-10(14)8-6-7-9-13-15-11(2,3)12(4,5)16-13/h10,14H,6-9H2,1-5H3/t10-/m1/s1. The highest BCUT2D eigenvalue weighted by molar-refractivity contribution is 6.45. The molecule has 4 heteroatoms. The highest BCUT2D eigenvalue weighted by atomic mass is 16.7. The number of hydrogen-bond donors (Lipinski definition) is 1. The van der Waals surface area contributed by atoms with E-state index in [0.29, 0.717) is 0 Å². The summed E-state index contributed by atoms with van der Waals surface area (Å²) in [5.41, 5.74) is -0.441. The van der Waals surface area contributed by atoms with E-state index in [2.05, 4.69) is 27.7 Å². The number of aliphatic hydroxyl groups is 1. The molecule has 1 aliphatic heterocycles. The van der Waals surface area contributed by atoms with Gasteiger partial charge in [-0.15, -0.1) is 0 Å². The Hall–Kier alpha value is -0.0551. The highest BCUT2D eigenvalue weighted by Gasteiger charge is 2.50. The molecule has 0 saturated carbocycles. The van der Waals surface area contributed by atoms with Crippen molar-refractivity contribution in [2.24, 2.45) is 0 Å². The van der Waals surface area contributed by atoms with Gasteiger partial charge in [0.25, 0.3) is 0 Å². The molecule has 0 spiro atoms. The van der Waals surface area contributed by atoms with E-state index < -0.39 is 0 Å². The molecule has 1 N–H and O–H groups in total. The van der Waals surface area contributed by atoms with Gasteiger partial charge < -0.3 is 14.4 Å². The van der Waals surface area contributed by atoms with Gasteiger partial charge in [-0.2, -0.15) is 0 Å². The normalized spacial score (nSPS) is 24.8. The molecule has 0 amide bonds. The van der Waals surface area contributed by atoms with Crippen LogP contribution in [0.3, 0.4) is 0 Å². The van der Waals surface area contributed by atoms with E-state index in [1.807, 2.05) is 6.92 Å². The van der Waals surface area contributed by atoms with Gasteiger partial charge >= 0.3 is 7.12 Å². The van der Waals surface area contributed by atoms with Gasteiger partial charge in [0.15, 0.2) is 0 Å². The molecule has 1 saturated heterocycles. The second-order valence-corrected chi connectivity index (χ2v) is 5.82. The van der Waals surface area contributed by atoms with E-state index in [-0.39, 0.29) is 24.4 Å². The second-order valence-electron chi connectivity index (χ2n) is 5.82. The molecule has 1 atom stereocenters. The van der Waals surface area contributed by atoms with Crippen LogP contribution in [-0.4, -0.2) is 29.5 Å².